The van der Waals surface area contributed by atoms with Crippen molar-refractivity contribution in [2.75, 3.05) is 23.9 Å². The Kier molecular flexibility index (Phi) is 7.31. The molecule has 0 aliphatic carbocycles. The number of ether oxygens (including phenoxy) is 2. The van der Waals surface area contributed by atoms with Crippen molar-refractivity contribution in [1.29, 1.82) is 0 Å². The molecule has 6 nitrogen and oxygen atoms in total. The van der Waals surface area contributed by atoms with Crippen molar-refractivity contribution < 1.29 is 23.5 Å². The van der Waals surface area contributed by atoms with Gasteiger partial charge in [0.2, 0.25) is 0 Å². The minimum absolute atomic E-state index is 0.188. The highest BCUT2D eigenvalue weighted by Crippen LogP contribution is 2.44. The topological polar surface area (TPSA) is 77.5 Å². The smallest absolute Gasteiger partial charge is 0.309 e. The minimum Gasteiger partial charge on any atom is -0.482 e. The molecule has 2 aliphatic rings. The number of esters is 1. The molecule has 8 heteroatoms. The Bertz CT molecular complexity index is 1200. The maximum Gasteiger partial charge on any atom is 0.309 e. The first-order chi connectivity index (χ1) is 16.7. The van der Waals surface area contributed by atoms with Crippen molar-refractivity contribution >= 4 is 40.5 Å². The molecule has 3 heterocycles. The molecule has 0 saturated carbocycles. The maximum atomic E-state index is 13.6. The summed E-state index contributed by atoms with van der Waals surface area (Å²) < 4.78 is 25.1. The van der Waals surface area contributed by atoms with E-state index in [4.69, 9.17) is 9.47 Å². The van der Waals surface area contributed by atoms with Crippen LogP contribution in [0.4, 0.5) is 10.1 Å². The van der Waals surface area contributed by atoms with Gasteiger partial charge in [-0.15, -0.1) is 0 Å². The van der Waals surface area contributed by atoms with Crippen molar-refractivity contribution in [1.82, 2.24) is 4.98 Å². The van der Waals surface area contributed by atoms with E-state index in [2.05, 4.69) is 10.3 Å². The summed E-state index contributed by atoms with van der Waals surface area (Å²) in [5.74, 6) is 0.166. The molecule has 35 heavy (non-hydrogen) atoms. The van der Waals surface area contributed by atoms with E-state index in [9.17, 15) is 14.0 Å². The number of aromatic nitrogens is 1. The summed E-state index contributed by atoms with van der Waals surface area (Å²) in [5, 5.41) is 2.71. The van der Waals surface area contributed by atoms with Crippen LogP contribution in [0.5, 0.6) is 0 Å². The fraction of sp³-hybridized carbons (Fsp3) is 0.370. The standard InChI is InChI=1S/C27H29FN2O4S/c1-5-33-26(32)16(10-11-35-4)12-19-8-6-17(15-29-19)21-14-23(34-27(21,2)3)24-20-9-7-18(28)13-22(20)30-25(24)31/h6-9,13-16H,5,10-12H2,1-4H3,(H,30,31)/b24-23+/t16-/m1/s1. The second kappa shape index (κ2) is 10.2. The lowest BCUT2D eigenvalue weighted by molar-refractivity contribution is -0.148. The van der Waals surface area contributed by atoms with Crippen molar-refractivity contribution in [2.45, 2.75) is 39.2 Å². The lowest BCUT2D eigenvalue weighted by atomic mass is 9.92. The van der Waals surface area contributed by atoms with Gasteiger partial charge in [-0.3, -0.25) is 14.6 Å². The summed E-state index contributed by atoms with van der Waals surface area (Å²) in [4.78, 5) is 29.6. The Morgan fingerprint density at radius 1 is 1.29 bits per heavy atom. The van der Waals surface area contributed by atoms with E-state index in [1.165, 1.54) is 12.1 Å². The van der Waals surface area contributed by atoms with E-state index in [1.54, 1.807) is 24.0 Å². The van der Waals surface area contributed by atoms with Crippen LogP contribution in [0, 0.1) is 11.7 Å². The quantitative estimate of drug-likeness (QED) is 0.397. The van der Waals surface area contributed by atoms with Crippen LogP contribution in [-0.4, -0.2) is 41.1 Å². The molecule has 1 amide bonds. The van der Waals surface area contributed by atoms with Crippen LogP contribution in [0.25, 0.3) is 11.1 Å². The summed E-state index contributed by atoms with van der Waals surface area (Å²) in [7, 11) is 0. The molecule has 0 fully saturated rings. The third-order valence-corrected chi connectivity index (χ3v) is 6.79. The van der Waals surface area contributed by atoms with E-state index < -0.39 is 11.4 Å². The first kappa shape index (κ1) is 25.0. The number of pyridine rings is 1. The highest BCUT2D eigenvalue weighted by atomic mass is 32.2. The van der Waals surface area contributed by atoms with Gasteiger partial charge in [-0.1, -0.05) is 6.07 Å². The summed E-state index contributed by atoms with van der Waals surface area (Å²) in [6.45, 7) is 6.03. The number of hydrogen-bond donors (Lipinski definition) is 1. The van der Waals surface area contributed by atoms with Crippen molar-refractivity contribution in [3.8, 4) is 0 Å². The zero-order valence-electron chi connectivity index (χ0n) is 20.3. The molecule has 2 aromatic rings. The molecule has 184 valence electrons. The average Bonchev–Trinajstić information content (AvgIpc) is 3.31. The number of amides is 1. The number of thioether (sulfide) groups is 1. The van der Waals surface area contributed by atoms with Gasteiger partial charge in [0.15, 0.2) is 0 Å². The molecular weight excluding hydrogens is 467 g/mol. The second-order valence-electron chi connectivity index (χ2n) is 9.03. The monoisotopic (exact) mass is 496 g/mol. The number of carbonyl (C=O) groups excluding carboxylic acids is 2. The summed E-state index contributed by atoms with van der Waals surface area (Å²) in [6, 6.07) is 8.10. The van der Waals surface area contributed by atoms with E-state index >= 15 is 0 Å². The van der Waals surface area contributed by atoms with Gasteiger partial charge in [-0.2, -0.15) is 11.8 Å². The number of hydrogen-bond acceptors (Lipinski definition) is 6. The number of nitrogens with zero attached hydrogens (tertiary/aromatic N) is 1. The normalized spacial score (nSPS) is 19.0. The van der Waals surface area contributed by atoms with Crippen LogP contribution in [0.2, 0.25) is 0 Å². The highest BCUT2D eigenvalue weighted by molar-refractivity contribution is 7.98. The number of allylic oxidation sites excluding steroid dienone is 1. The molecule has 1 aromatic heterocycles. The molecule has 1 aromatic carbocycles. The summed E-state index contributed by atoms with van der Waals surface area (Å²) >= 11 is 1.70. The van der Waals surface area contributed by atoms with Crippen LogP contribution in [0.1, 0.15) is 44.0 Å². The van der Waals surface area contributed by atoms with Crippen LogP contribution >= 0.6 is 11.8 Å². The number of anilines is 1. The maximum absolute atomic E-state index is 13.6. The number of rotatable bonds is 8. The first-order valence-corrected chi connectivity index (χ1v) is 13.0. The van der Waals surface area contributed by atoms with E-state index in [0.29, 0.717) is 35.6 Å². The van der Waals surface area contributed by atoms with Gasteiger partial charge in [-0.05, 0) is 69.5 Å². The third-order valence-electron chi connectivity index (χ3n) is 6.14. The van der Waals surface area contributed by atoms with Crippen LogP contribution in [-0.2, 0) is 25.5 Å². The van der Waals surface area contributed by atoms with Gasteiger partial charge in [0, 0.05) is 35.0 Å². The Hall–Kier alpha value is -3.13. The minimum atomic E-state index is -0.694. The van der Waals surface area contributed by atoms with Crippen molar-refractivity contribution in [2.24, 2.45) is 5.92 Å². The van der Waals surface area contributed by atoms with E-state index in [1.807, 2.05) is 45.2 Å². The Balaban J connectivity index is 1.60. The van der Waals surface area contributed by atoms with Gasteiger partial charge in [0.05, 0.1) is 23.8 Å². The first-order valence-electron chi connectivity index (χ1n) is 11.6. The van der Waals surface area contributed by atoms with Gasteiger partial charge >= 0.3 is 5.97 Å². The van der Waals surface area contributed by atoms with Gasteiger partial charge in [0.1, 0.15) is 17.2 Å². The number of nitrogens with one attached hydrogen (secondary N) is 1. The van der Waals surface area contributed by atoms with Crippen LogP contribution in [0.3, 0.4) is 0 Å². The molecule has 0 saturated heterocycles. The molecule has 1 atom stereocenters. The molecule has 0 unspecified atom stereocenters. The number of carbonyl (C=O) groups is 2. The molecule has 4 rings (SSSR count). The SMILES string of the molecule is CCOC(=O)[C@H](CCSC)Cc1ccc(C2=C/C(=C3\C(=O)Nc4cc(F)ccc43)OC2(C)C)cn1. The third kappa shape index (κ3) is 5.27. The highest BCUT2D eigenvalue weighted by Gasteiger charge is 2.38. The Labute approximate surface area is 209 Å². The molecule has 2 aliphatic heterocycles. The molecule has 0 bridgehead atoms. The molecule has 1 N–H and O–H groups in total. The molecular formula is C27H29FN2O4S. The van der Waals surface area contributed by atoms with Gasteiger partial charge in [0.25, 0.3) is 5.91 Å². The number of fused-ring (bicyclic) bond motifs is 1. The average molecular weight is 497 g/mol. The summed E-state index contributed by atoms with van der Waals surface area (Å²) in [6.07, 6.45) is 6.89. The largest absolute Gasteiger partial charge is 0.482 e. The van der Waals surface area contributed by atoms with E-state index in [-0.39, 0.29) is 17.8 Å². The van der Waals surface area contributed by atoms with Crippen molar-refractivity contribution in [3.63, 3.8) is 0 Å². The fourth-order valence-corrected chi connectivity index (χ4v) is 4.91. The predicted molar refractivity (Wildman–Crippen MR) is 136 cm³/mol. The van der Waals surface area contributed by atoms with Crippen molar-refractivity contribution in [3.05, 3.63) is 71.0 Å². The predicted octanol–water partition coefficient (Wildman–Crippen LogP) is 5.25. The van der Waals surface area contributed by atoms with E-state index in [0.717, 1.165) is 29.0 Å². The van der Waals surface area contributed by atoms with Gasteiger partial charge < -0.3 is 14.8 Å². The molecule has 0 spiro atoms. The molecule has 0 radical (unpaired) electrons. The Morgan fingerprint density at radius 2 is 2.09 bits per heavy atom. The van der Waals surface area contributed by atoms with Crippen LogP contribution in [0.15, 0.2) is 48.4 Å². The van der Waals surface area contributed by atoms with Crippen LogP contribution < -0.4 is 5.32 Å². The summed E-state index contributed by atoms with van der Waals surface area (Å²) in [5.41, 5.74) is 3.30. The lowest BCUT2D eigenvalue weighted by Crippen LogP contribution is -2.22. The zero-order valence-corrected chi connectivity index (χ0v) is 21.1. The number of halogens is 1. The fourth-order valence-electron chi connectivity index (χ4n) is 4.39. The van der Waals surface area contributed by atoms with Gasteiger partial charge in [-0.25, -0.2) is 4.39 Å². The Morgan fingerprint density at radius 3 is 2.77 bits per heavy atom. The zero-order chi connectivity index (χ0) is 25.2. The number of benzene rings is 1. The second-order valence-corrected chi connectivity index (χ2v) is 10.0. The lowest BCUT2D eigenvalue weighted by Gasteiger charge is -2.23.